The summed E-state index contributed by atoms with van der Waals surface area (Å²) in [6.07, 6.45) is 80.3. The van der Waals surface area contributed by atoms with E-state index in [1.165, 1.54) is 128 Å². The fourth-order valence-electron chi connectivity index (χ4n) is 8.61. The number of carbonyl (C=O) groups is 3. The predicted octanol–water partition coefficient (Wildman–Crippen LogP) is 19.5. The van der Waals surface area contributed by atoms with Crippen molar-refractivity contribution in [1.82, 2.24) is 0 Å². The standard InChI is InChI=1S/C70H119NO8/c1-6-8-10-12-14-16-18-20-22-24-26-28-30-31-32-33-34-35-36-37-39-41-43-45-47-49-51-53-55-57-59-61-68(73)79-66(65-78-70(69(74)75)76-63-62-71(3,4)5)64-77-67(72)60-58-56-54-52-50-48-46-44-42-40-38-29-27-25-23-21-19-17-15-13-11-9-7-2/h8,10,14,16,19-22,25-28,31-32,34-35,37,39,66,70H,6-7,9,11-13,15,17-18,23-24,29-30,33,36,38,40-65H2,1-5H3/p+1/b10-8-,16-14-,21-19-,22-20-,27-25-,28-26-,32-31-,35-34-,39-37-. The Kier molecular flexibility index (Phi) is 57.0. The van der Waals surface area contributed by atoms with Crippen LogP contribution in [0.4, 0.5) is 0 Å². The predicted molar refractivity (Wildman–Crippen MR) is 336 cm³/mol. The van der Waals surface area contributed by atoms with Crippen LogP contribution >= 0.6 is 0 Å². The fourth-order valence-corrected chi connectivity index (χ4v) is 8.61. The first-order chi connectivity index (χ1) is 38.6. The lowest BCUT2D eigenvalue weighted by Gasteiger charge is -2.25. The van der Waals surface area contributed by atoms with Gasteiger partial charge in [-0.15, -0.1) is 0 Å². The number of allylic oxidation sites excluding steroid dienone is 18. The lowest BCUT2D eigenvalue weighted by Crippen LogP contribution is -2.40. The van der Waals surface area contributed by atoms with E-state index in [1.807, 2.05) is 21.1 Å². The van der Waals surface area contributed by atoms with Crippen LogP contribution in [-0.2, 0) is 33.3 Å². The Labute approximate surface area is 485 Å². The molecule has 9 heteroatoms. The first-order valence-corrected chi connectivity index (χ1v) is 32.1. The first-order valence-electron chi connectivity index (χ1n) is 32.1. The topological polar surface area (TPSA) is 108 Å². The SMILES string of the molecule is CC/C=C\C/C=C\C/C=C\C/C=C\C/C=C\C/C=C\C/C=C\CCCCCCCCCCCC(=O)OC(COC(=O)CCCCCCCCCCCCC/C=C\C/C=C\CCCCCCC)COC(OCC[N+](C)(C)C)C(=O)O. The van der Waals surface area contributed by atoms with Crippen LogP contribution in [-0.4, -0.2) is 87.4 Å². The third-order valence-corrected chi connectivity index (χ3v) is 13.5. The zero-order chi connectivity index (χ0) is 57.6. The summed E-state index contributed by atoms with van der Waals surface area (Å²) in [5.41, 5.74) is 0. The van der Waals surface area contributed by atoms with Gasteiger partial charge in [-0.3, -0.25) is 9.59 Å². The van der Waals surface area contributed by atoms with Crippen molar-refractivity contribution >= 4 is 17.9 Å². The Hall–Kier alpha value is -4.05. The molecular formula is C70H120NO8+. The van der Waals surface area contributed by atoms with Crippen LogP contribution in [0.5, 0.6) is 0 Å². The van der Waals surface area contributed by atoms with Crippen LogP contribution in [0.2, 0.25) is 0 Å². The van der Waals surface area contributed by atoms with Crippen molar-refractivity contribution in [3.63, 3.8) is 0 Å². The maximum Gasteiger partial charge on any atom is 0.361 e. The summed E-state index contributed by atoms with van der Waals surface area (Å²) < 4.78 is 22.9. The molecule has 0 saturated heterocycles. The van der Waals surface area contributed by atoms with Crippen molar-refractivity contribution in [2.24, 2.45) is 0 Å². The Morgan fingerprint density at radius 1 is 0.392 bits per heavy atom. The number of carbonyl (C=O) groups excluding carboxylic acids is 2. The lowest BCUT2D eigenvalue weighted by atomic mass is 10.0. The summed E-state index contributed by atoms with van der Waals surface area (Å²) in [5, 5.41) is 9.73. The van der Waals surface area contributed by atoms with E-state index in [-0.39, 0.29) is 32.2 Å². The second-order valence-electron chi connectivity index (χ2n) is 22.3. The molecule has 0 bridgehead atoms. The minimum absolute atomic E-state index is 0.181. The number of likely N-dealkylation sites (N-methyl/N-ethyl adjacent to an activating group) is 1. The molecule has 0 rings (SSSR count). The second-order valence-corrected chi connectivity index (χ2v) is 22.3. The number of ether oxygens (including phenoxy) is 4. The Morgan fingerprint density at radius 3 is 1.08 bits per heavy atom. The van der Waals surface area contributed by atoms with Gasteiger partial charge in [0.05, 0.1) is 34.4 Å². The van der Waals surface area contributed by atoms with Gasteiger partial charge in [-0.05, 0) is 103 Å². The van der Waals surface area contributed by atoms with E-state index in [0.29, 0.717) is 23.9 Å². The van der Waals surface area contributed by atoms with Crippen LogP contribution in [0.25, 0.3) is 0 Å². The average Bonchev–Trinajstić information content (AvgIpc) is 3.42. The molecule has 2 unspecified atom stereocenters. The van der Waals surface area contributed by atoms with Crippen molar-refractivity contribution in [3.05, 3.63) is 109 Å². The normalized spacial score (nSPS) is 13.5. The zero-order valence-electron chi connectivity index (χ0n) is 51.5. The van der Waals surface area contributed by atoms with E-state index in [1.54, 1.807) is 0 Å². The summed E-state index contributed by atoms with van der Waals surface area (Å²) >= 11 is 0. The van der Waals surface area contributed by atoms with Gasteiger partial charge in [0.15, 0.2) is 6.10 Å². The van der Waals surface area contributed by atoms with Gasteiger partial charge in [0.2, 0.25) is 0 Å². The van der Waals surface area contributed by atoms with Crippen LogP contribution < -0.4 is 0 Å². The Balaban J connectivity index is 4.23. The van der Waals surface area contributed by atoms with E-state index in [9.17, 15) is 19.5 Å². The molecule has 0 aromatic heterocycles. The molecule has 0 aromatic rings. The van der Waals surface area contributed by atoms with Crippen molar-refractivity contribution in [2.75, 3.05) is 47.5 Å². The van der Waals surface area contributed by atoms with E-state index in [0.717, 1.165) is 96.3 Å². The van der Waals surface area contributed by atoms with Gasteiger partial charge in [0.1, 0.15) is 13.2 Å². The molecule has 0 fully saturated rings. The molecule has 0 radical (unpaired) electrons. The number of rotatable bonds is 58. The van der Waals surface area contributed by atoms with Gasteiger partial charge in [-0.1, -0.05) is 252 Å². The zero-order valence-corrected chi connectivity index (χ0v) is 51.5. The number of nitrogens with zero attached hydrogens (tertiary/aromatic N) is 1. The summed E-state index contributed by atoms with van der Waals surface area (Å²) in [4.78, 5) is 37.5. The lowest BCUT2D eigenvalue weighted by molar-refractivity contribution is -0.870. The van der Waals surface area contributed by atoms with Crippen LogP contribution in [0.15, 0.2) is 109 Å². The van der Waals surface area contributed by atoms with E-state index < -0.39 is 24.3 Å². The number of carboxylic acid groups (broad SMARTS) is 1. The molecule has 79 heavy (non-hydrogen) atoms. The molecule has 0 saturated carbocycles. The molecular weight excluding hydrogens is 983 g/mol. The summed E-state index contributed by atoms with van der Waals surface area (Å²) in [7, 11) is 5.97. The van der Waals surface area contributed by atoms with Crippen molar-refractivity contribution in [3.8, 4) is 0 Å². The number of esters is 2. The van der Waals surface area contributed by atoms with Crippen molar-refractivity contribution in [1.29, 1.82) is 0 Å². The van der Waals surface area contributed by atoms with E-state index in [4.69, 9.17) is 18.9 Å². The smallest absolute Gasteiger partial charge is 0.361 e. The third kappa shape index (κ3) is 61.4. The molecule has 0 aromatic carbocycles. The third-order valence-electron chi connectivity index (χ3n) is 13.5. The number of quaternary nitrogens is 1. The fraction of sp³-hybridized carbons (Fsp3) is 0.700. The van der Waals surface area contributed by atoms with Gasteiger partial charge in [-0.2, -0.15) is 0 Å². The number of hydrogen-bond acceptors (Lipinski definition) is 7. The molecule has 452 valence electrons. The summed E-state index contributed by atoms with van der Waals surface area (Å²) in [6, 6.07) is 0. The minimum Gasteiger partial charge on any atom is -0.477 e. The molecule has 2 atom stereocenters. The largest absolute Gasteiger partial charge is 0.477 e. The van der Waals surface area contributed by atoms with Gasteiger partial charge < -0.3 is 28.5 Å². The highest BCUT2D eigenvalue weighted by atomic mass is 16.7. The highest BCUT2D eigenvalue weighted by Gasteiger charge is 2.25. The minimum atomic E-state index is -1.52. The van der Waals surface area contributed by atoms with Crippen molar-refractivity contribution < 1.29 is 42.9 Å². The van der Waals surface area contributed by atoms with Gasteiger partial charge >= 0.3 is 17.9 Å². The highest BCUT2D eigenvalue weighted by molar-refractivity contribution is 5.71. The molecule has 0 spiro atoms. The average molecular weight is 1100 g/mol. The Bertz CT molecular complexity index is 1660. The Morgan fingerprint density at radius 2 is 0.722 bits per heavy atom. The van der Waals surface area contributed by atoms with Crippen LogP contribution in [0.3, 0.4) is 0 Å². The van der Waals surface area contributed by atoms with Gasteiger partial charge in [0, 0.05) is 12.8 Å². The molecule has 0 heterocycles. The highest BCUT2D eigenvalue weighted by Crippen LogP contribution is 2.16. The molecule has 0 aliphatic carbocycles. The summed E-state index contributed by atoms with van der Waals surface area (Å²) in [5.74, 6) is -2.02. The second kappa shape index (κ2) is 60.1. The number of hydrogen-bond donors (Lipinski definition) is 1. The molecule has 9 nitrogen and oxygen atoms in total. The maximum atomic E-state index is 12.9. The summed E-state index contributed by atoms with van der Waals surface area (Å²) in [6.45, 7) is 4.75. The number of unbranched alkanes of at least 4 members (excludes halogenated alkanes) is 25. The quantitative estimate of drug-likeness (QED) is 0.0211. The van der Waals surface area contributed by atoms with Gasteiger partial charge in [0.25, 0.3) is 6.29 Å². The monoisotopic (exact) mass is 1100 g/mol. The first kappa shape index (κ1) is 75.0. The van der Waals surface area contributed by atoms with E-state index >= 15 is 0 Å². The molecule has 0 aliphatic rings. The maximum absolute atomic E-state index is 12.9. The van der Waals surface area contributed by atoms with Crippen LogP contribution in [0.1, 0.15) is 258 Å². The molecule has 0 amide bonds. The number of aliphatic carboxylic acids is 1. The molecule has 0 aliphatic heterocycles. The van der Waals surface area contributed by atoms with E-state index in [2.05, 4.69) is 123 Å². The van der Waals surface area contributed by atoms with Gasteiger partial charge in [-0.25, -0.2) is 4.79 Å². The number of carboxylic acids is 1. The van der Waals surface area contributed by atoms with Crippen LogP contribution in [0, 0.1) is 0 Å². The molecule has 1 N–H and O–H groups in total. The van der Waals surface area contributed by atoms with Crippen molar-refractivity contribution in [2.45, 2.75) is 270 Å².